The second-order valence-electron chi connectivity index (χ2n) is 3.57. The highest BCUT2D eigenvalue weighted by molar-refractivity contribution is 9.09. The summed E-state index contributed by atoms with van der Waals surface area (Å²) in [4.78, 5) is 12.6. The lowest BCUT2D eigenvalue weighted by molar-refractivity contribution is 0.0957. The smallest absolute Gasteiger partial charge is 0.261 e. The van der Waals surface area contributed by atoms with Crippen molar-refractivity contribution in [2.45, 2.75) is 18.7 Å². The van der Waals surface area contributed by atoms with E-state index >= 15 is 0 Å². The fraction of sp³-hybridized carbons (Fsp3) is 0.500. The van der Waals surface area contributed by atoms with Gasteiger partial charge in [0.1, 0.15) is 0 Å². The Bertz CT molecular complexity index is 340. The second-order valence-corrected chi connectivity index (χ2v) is 6.47. The van der Waals surface area contributed by atoms with Gasteiger partial charge in [-0.1, -0.05) is 41.4 Å². The predicted molar refractivity (Wildman–Crippen MR) is 69.2 cm³/mol. The lowest BCUT2D eigenvalue weighted by Gasteiger charge is -2.13. The first-order chi connectivity index (χ1) is 7.00. The van der Waals surface area contributed by atoms with Crippen molar-refractivity contribution in [3.8, 4) is 0 Å². The Morgan fingerprint density at radius 3 is 2.73 bits per heavy atom. The molecule has 0 spiro atoms. The molecule has 0 saturated carbocycles. The molecule has 1 unspecified atom stereocenters. The van der Waals surface area contributed by atoms with Crippen molar-refractivity contribution >= 4 is 44.8 Å². The van der Waals surface area contributed by atoms with Crippen LogP contribution < -0.4 is 5.32 Å². The molecule has 0 radical (unpaired) electrons. The Hall–Kier alpha value is -0.0600. The van der Waals surface area contributed by atoms with Crippen LogP contribution in [-0.2, 0) is 0 Å². The molecule has 1 rings (SSSR count). The lowest BCUT2D eigenvalue weighted by atomic mass is 10.1. The standard InChI is InChI=1S/C10H13BrClNOS/c1-6(2)7(11)5-13-10(14)8-3-4-9(12)15-8/h3-4,6-7H,5H2,1-2H3,(H,13,14). The average Bonchev–Trinajstić information content (AvgIpc) is 2.60. The van der Waals surface area contributed by atoms with E-state index in [1.165, 1.54) is 11.3 Å². The number of carbonyl (C=O) groups excluding carboxylic acids is 1. The number of hydrogen-bond donors (Lipinski definition) is 1. The summed E-state index contributed by atoms with van der Waals surface area (Å²) in [6.45, 7) is 4.84. The minimum Gasteiger partial charge on any atom is -0.350 e. The second kappa shape index (κ2) is 5.87. The zero-order valence-corrected chi connectivity index (χ0v) is 11.7. The molecule has 1 N–H and O–H groups in total. The third-order valence-electron chi connectivity index (χ3n) is 1.98. The molecular weight excluding hydrogens is 298 g/mol. The van der Waals surface area contributed by atoms with Gasteiger partial charge in [0, 0.05) is 11.4 Å². The summed E-state index contributed by atoms with van der Waals surface area (Å²) in [6.07, 6.45) is 0. The maximum atomic E-state index is 11.6. The number of carbonyl (C=O) groups is 1. The van der Waals surface area contributed by atoms with Crippen molar-refractivity contribution in [3.05, 3.63) is 21.3 Å². The van der Waals surface area contributed by atoms with Crippen molar-refractivity contribution in [2.75, 3.05) is 6.54 Å². The van der Waals surface area contributed by atoms with Gasteiger partial charge in [0.15, 0.2) is 0 Å². The van der Waals surface area contributed by atoms with Crippen molar-refractivity contribution in [1.29, 1.82) is 0 Å². The zero-order valence-electron chi connectivity index (χ0n) is 8.59. The van der Waals surface area contributed by atoms with Crippen LogP contribution in [0.1, 0.15) is 23.5 Å². The topological polar surface area (TPSA) is 29.1 Å². The van der Waals surface area contributed by atoms with Crippen molar-refractivity contribution in [3.63, 3.8) is 0 Å². The van der Waals surface area contributed by atoms with E-state index in [1.54, 1.807) is 12.1 Å². The van der Waals surface area contributed by atoms with Gasteiger partial charge in [0.05, 0.1) is 9.21 Å². The predicted octanol–water partition coefficient (Wildman–Crippen LogP) is 3.55. The number of alkyl halides is 1. The van der Waals surface area contributed by atoms with Crippen LogP contribution in [0.5, 0.6) is 0 Å². The summed E-state index contributed by atoms with van der Waals surface area (Å²) in [5.41, 5.74) is 0. The Labute approximate surface area is 107 Å². The molecular formula is C10H13BrClNOS. The van der Waals surface area contributed by atoms with E-state index in [1.807, 2.05) is 0 Å². The SMILES string of the molecule is CC(C)C(Br)CNC(=O)c1ccc(Cl)s1. The maximum Gasteiger partial charge on any atom is 0.261 e. The van der Waals surface area contributed by atoms with Crippen LogP contribution in [0, 0.1) is 5.92 Å². The number of nitrogens with one attached hydrogen (secondary N) is 1. The van der Waals surface area contributed by atoms with E-state index in [-0.39, 0.29) is 5.91 Å². The van der Waals surface area contributed by atoms with Gasteiger partial charge in [-0.15, -0.1) is 11.3 Å². The molecule has 0 aliphatic heterocycles. The van der Waals surface area contributed by atoms with Gasteiger partial charge in [0.2, 0.25) is 0 Å². The summed E-state index contributed by atoms with van der Waals surface area (Å²) >= 11 is 10.6. The summed E-state index contributed by atoms with van der Waals surface area (Å²) in [5.74, 6) is 0.439. The molecule has 2 nitrogen and oxygen atoms in total. The molecule has 15 heavy (non-hydrogen) atoms. The minimum absolute atomic E-state index is 0.0583. The Balaban J connectivity index is 2.43. The molecule has 5 heteroatoms. The van der Waals surface area contributed by atoms with E-state index in [0.717, 1.165) is 0 Å². The summed E-state index contributed by atoms with van der Waals surface area (Å²) in [7, 11) is 0. The molecule has 0 bridgehead atoms. The largest absolute Gasteiger partial charge is 0.350 e. The average molecular weight is 311 g/mol. The van der Waals surface area contributed by atoms with Crippen molar-refractivity contribution in [2.24, 2.45) is 5.92 Å². The summed E-state index contributed by atoms with van der Waals surface area (Å²) in [5, 5.41) is 2.86. The summed E-state index contributed by atoms with van der Waals surface area (Å²) in [6, 6.07) is 3.47. The van der Waals surface area contributed by atoms with E-state index in [4.69, 9.17) is 11.6 Å². The molecule has 84 valence electrons. The van der Waals surface area contributed by atoms with Crippen molar-refractivity contribution in [1.82, 2.24) is 5.32 Å². The van der Waals surface area contributed by atoms with Gasteiger partial charge >= 0.3 is 0 Å². The normalized spacial score (nSPS) is 12.9. The van der Waals surface area contributed by atoms with Crippen LogP contribution >= 0.6 is 38.9 Å². The fourth-order valence-electron chi connectivity index (χ4n) is 0.949. The number of amides is 1. The highest BCUT2D eigenvalue weighted by Crippen LogP contribution is 2.21. The zero-order chi connectivity index (χ0) is 11.4. The monoisotopic (exact) mass is 309 g/mol. The highest BCUT2D eigenvalue weighted by atomic mass is 79.9. The molecule has 0 aromatic carbocycles. The van der Waals surface area contributed by atoms with E-state index in [2.05, 4.69) is 35.1 Å². The highest BCUT2D eigenvalue weighted by Gasteiger charge is 2.12. The fourth-order valence-corrected chi connectivity index (χ4v) is 2.07. The minimum atomic E-state index is -0.0583. The molecule has 1 amide bonds. The molecule has 0 fully saturated rings. The lowest BCUT2D eigenvalue weighted by Crippen LogP contribution is -2.31. The van der Waals surface area contributed by atoms with E-state index < -0.39 is 0 Å². The van der Waals surface area contributed by atoms with Gasteiger partial charge in [-0.25, -0.2) is 0 Å². The van der Waals surface area contributed by atoms with Gasteiger partial charge in [-0.3, -0.25) is 4.79 Å². The quantitative estimate of drug-likeness (QED) is 0.847. The van der Waals surface area contributed by atoms with Crippen LogP contribution in [0.15, 0.2) is 12.1 Å². The van der Waals surface area contributed by atoms with Crippen LogP contribution in [0.4, 0.5) is 0 Å². The molecule has 1 aromatic rings. The Kier molecular flexibility index (Phi) is 5.09. The number of rotatable bonds is 4. The number of hydrogen-bond acceptors (Lipinski definition) is 2. The maximum absolute atomic E-state index is 11.6. The first-order valence-corrected chi connectivity index (χ1v) is 6.79. The van der Waals surface area contributed by atoms with Gasteiger partial charge < -0.3 is 5.32 Å². The number of halogens is 2. The molecule has 0 saturated heterocycles. The van der Waals surface area contributed by atoms with Crippen LogP contribution in [-0.4, -0.2) is 17.3 Å². The van der Waals surface area contributed by atoms with Gasteiger partial charge in [-0.05, 0) is 18.1 Å². The van der Waals surface area contributed by atoms with Gasteiger partial charge in [0.25, 0.3) is 5.91 Å². The molecule has 0 aliphatic rings. The third-order valence-corrected chi connectivity index (χ3v) is 4.59. The van der Waals surface area contributed by atoms with Crippen molar-refractivity contribution < 1.29 is 4.79 Å². The van der Waals surface area contributed by atoms with E-state index in [0.29, 0.717) is 26.5 Å². The molecule has 0 aliphatic carbocycles. The van der Waals surface area contributed by atoms with E-state index in [9.17, 15) is 4.79 Å². The molecule has 1 aromatic heterocycles. The Morgan fingerprint density at radius 1 is 1.60 bits per heavy atom. The Morgan fingerprint density at radius 2 is 2.27 bits per heavy atom. The van der Waals surface area contributed by atoms with Crippen LogP contribution in [0.2, 0.25) is 4.34 Å². The van der Waals surface area contributed by atoms with Crippen LogP contribution in [0.3, 0.4) is 0 Å². The summed E-state index contributed by atoms with van der Waals surface area (Å²) < 4.78 is 0.638. The van der Waals surface area contributed by atoms with Crippen LogP contribution in [0.25, 0.3) is 0 Å². The molecule has 1 atom stereocenters. The third kappa shape index (κ3) is 4.13. The number of thiophene rings is 1. The first kappa shape index (κ1) is 13.0. The molecule has 1 heterocycles. The van der Waals surface area contributed by atoms with Gasteiger partial charge in [-0.2, -0.15) is 0 Å². The first-order valence-electron chi connectivity index (χ1n) is 4.68.